The molecule has 0 amide bonds. The van der Waals surface area contributed by atoms with Gasteiger partial charge in [-0.25, -0.2) is 0 Å². The van der Waals surface area contributed by atoms with Gasteiger partial charge in [0.05, 0.1) is 0 Å². The molecule has 2 nitrogen and oxygen atoms in total. The topological polar surface area (TPSA) is 15.3 Å². The molecule has 0 aliphatic heterocycles. The molecule has 0 saturated carbocycles. The van der Waals surface area contributed by atoms with E-state index in [-0.39, 0.29) is 5.54 Å². The monoisotopic (exact) mass is 240 g/mol. The fourth-order valence-corrected chi connectivity index (χ4v) is 2.04. The molecule has 0 aromatic heterocycles. The van der Waals surface area contributed by atoms with E-state index >= 15 is 0 Å². The molecule has 2 heteroatoms. The molecule has 0 saturated heterocycles. The van der Waals surface area contributed by atoms with Gasteiger partial charge in [-0.15, -0.1) is 6.58 Å². The van der Waals surface area contributed by atoms with Crippen LogP contribution in [0.25, 0.3) is 0 Å². The summed E-state index contributed by atoms with van der Waals surface area (Å²) in [7, 11) is 0. The first-order valence-electron chi connectivity index (χ1n) is 6.91. The molecular weight excluding hydrogens is 208 g/mol. The van der Waals surface area contributed by atoms with Gasteiger partial charge >= 0.3 is 0 Å². The van der Waals surface area contributed by atoms with E-state index in [1.807, 2.05) is 6.08 Å². The molecule has 0 spiro atoms. The number of rotatable bonds is 8. The third-order valence-electron chi connectivity index (χ3n) is 2.95. The zero-order chi connectivity index (χ0) is 13.5. The summed E-state index contributed by atoms with van der Waals surface area (Å²) in [6.07, 6.45) is 3.22. The molecule has 1 unspecified atom stereocenters. The Morgan fingerprint density at radius 2 is 1.88 bits per heavy atom. The van der Waals surface area contributed by atoms with Crippen molar-refractivity contribution >= 4 is 0 Å². The molecule has 0 aromatic carbocycles. The number of nitrogens with one attached hydrogen (secondary N) is 1. The van der Waals surface area contributed by atoms with Crippen LogP contribution in [-0.2, 0) is 0 Å². The van der Waals surface area contributed by atoms with E-state index in [0.29, 0.717) is 12.0 Å². The summed E-state index contributed by atoms with van der Waals surface area (Å²) in [5.74, 6) is 0.663. The zero-order valence-electron chi connectivity index (χ0n) is 12.7. The normalized spacial score (nSPS) is 14.4. The van der Waals surface area contributed by atoms with Gasteiger partial charge < -0.3 is 5.32 Å². The lowest BCUT2D eigenvalue weighted by Crippen LogP contribution is -2.50. The Morgan fingerprint density at radius 1 is 1.29 bits per heavy atom. The Labute approximate surface area is 108 Å². The first kappa shape index (κ1) is 16.7. The lowest BCUT2D eigenvalue weighted by atomic mass is 10.00. The van der Waals surface area contributed by atoms with E-state index in [0.717, 1.165) is 19.6 Å². The molecule has 0 radical (unpaired) electrons. The number of nitrogens with zero attached hydrogens (tertiary/aromatic N) is 1. The van der Waals surface area contributed by atoms with Gasteiger partial charge in [-0.05, 0) is 39.7 Å². The Morgan fingerprint density at radius 3 is 2.24 bits per heavy atom. The van der Waals surface area contributed by atoms with Crippen molar-refractivity contribution in [2.75, 3.05) is 19.6 Å². The molecule has 0 aliphatic carbocycles. The summed E-state index contributed by atoms with van der Waals surface area (Å²) in [4.78, 5) is 2.54. The molecular formula is C15H32N2. The van der Waals surface area contributed by atoms with E-state index in [4.69, 9.17) is 0 Å². The fourth-order valence-electron chi connectivity index (χ4n) is 2.04. The van der Waals surface area contributed by atoms with Gasteiger partial charge in [-0.1, -0.05) is 26.8 Å². The van der Waals surface area contributed by atoms with Crippen molar-refractivity contribution in [3.05, 3.63) is 12.7 Å². The van der Waals surface area contributed by atoms with Crippen molar-refractivity contribution in [3.8, 4) is 0 Å². The minimum Gasteiger partial charge on any atom is -0.311 e. The van der Waals surface area contributed by atoms with Gasteiger partial charge in [0, 0.05) is 24.7 Å². The molecule has 0 fully saturated rings. The summed E-state index contributed by atoms with van der Waals surface area (Å²) < 4.78 is 0. The largest absolute Gasteiger partial charge is 0.311 e. The van der Waals surface area contributed by atoms with Crippen molar-refractivity contribution in [2.24, 2.45) is 5.92 Å². The molecule has 1 N–H and O–H groups in total. The van der Waals surface area contributed by atoms with Crippen LogP contribution in [-0.4, -0.2) is 36.1 Å². The fraction of sp³-hybridized carbons (Fsp3) is 0.867. The maximum atomic E-state index is 3.87. The van der Waals surface area contributed by atoms with E-state index in [9.17, 15) is 0 Å². The molecule has 0 aliphatic rings. The van der Waals surface area contributed by atoms with E-state index < -0.39 is 0 Å². The van der Waals surface area contributed by atoms with E-state index in [1.165, 1.54) is 6.42 Å². The lowest BCUT2D eigenvalue weighted by Gasteiger charge is -2.36. The van der Waals surface area contributed by atoms with Gasteiger partial charge in [0.25, 0.3) is 0 Å². The average Bonchev–Trinajstić information content (AvgIpc) is 2.16. The van der Waals surface area contributed by atoms with E-state index in [1.54, 1.807) is 0 Å². The molecule has 0 bridgehead atoms. The van der Waals surface area contributed by atoms with Crippen LogP contribution in [0.1, 0.15) is 48.0 Å². The second-order valence-corrected chi connectivity index (χ2v) is 6.23. The Bertz CT molecular complexity index is 203. The predicted molar refractivity (Wildman–Crippen MR) is 78.4 cm³/mol. The number of hydrogen-bond donors (Lipinski definition) is 1. The lowest BCUT2D eigenvalue weighted by molar-refractivity contribution is 0.159. The SMILES string of the molecule is C=CCN(CCC)C(CNC(C)(C)C)C(C)C. The minimum absolute atomic E-state index is 0.194. The van der Waals surface area contributed by atoms with Gasteiger partial charge in [0.2, 0.25) is 0 Å². The highest BCUT2D eigenvalue weighted by Crippen LogP contribution is 2.12. The van der Waals surface area contributed by atoms with Crippen LogP contribution in [0.5, 0.6) is 0 Å². The van der Waals surface area contributed by atoms with Crippen LogP contribution in [0, 0.1) is 5.92 Å². The van der Waals surface area contributed by atoms with Crippen LogP contribution in [0.15, 0.2) is 12.7 Å². The van der Waals surface area contributed by atoms with Crippen molar-refractivity contribution in [1.29, 1.82) is 0 Å². The van der Waals surface area contributed by atoms with Crippen LogP contribution in [0.4, 0.5) is 0 Å². The van der Waals surface area contributed by atoms with Crippen LogP contribution in [0.2, 0.25) is 0 Å². The Hall–Kier alpha value is -0.340. The molecule has 0 rings (SSSR count). The molecule has 1 atom stereocenters. The van der Waals surface area contributed by atoms with Gasteiger partial charge in [0.15, 0.2) is 0 Å². The number of hydrogen-bond acceptors (Lipinski definition) is 2. The highest BCUT2D eigenvalue weighted by molar-refractivity contribution is 4.84. The third-order valence-corrected chi connectivity index (χ3v) is 2.95. The smallest absolute Gasteiger partial charge is 0.0247 e. The van der Waals surface area contributed by atoms with Crippen molar-refractivity contribution in [3.63, 3.8) is 0 Å². The molecule has 17 heavy (non-hydrogen) atoms. The third kappa shape index (κ3) is 7.56. The summed E-state index contributed by atoms with van der Waals surface area (Å²) in [5.41, 5.74) is 0.194. The Kier molecular flexibility index (Phi) is 7.73. The first-order chi connectivity index (χ1) is 7.81. The van der Waals surface area contributed by atoms with Gasteiger partial charge in [-0.3, -0.25) is 4.90 Å². The van der Waals surface area contributed by atoms with Crippen molar-refractivity contribution in [2.45, 2.75) is 59.5 Å². The quantitative estimate of drug-likeness (QED) is 0.655. The molecule has 0 heterocycles. The second kappa shape index (κ2) is 7.88. The van der Waals surface area contributed by atoms with Crippen LogP contribution >= 0.6 is 0 Å². The first-order valence-corrected chi connectivity index (χ1v) is 6.91. The summed E-state index contributed by atoms with van der Waals surface area (Å²) >= 11 is 0. The molecule has 0 aromatic rings. The standard InChI is InChI=1S/C15H32N2/c1-8-10-17(11-9-2)14(13(3)4)12-16-15(5,6)7/h8,13-14,16H,1,9-12H2,2-7H3. The molecule has 102 valence electrons. The zero-order valence-corrected chi connectivity index (χ0v) is 12.7. The van der Waals surface area contributed by atoms with Gasteiger partial charge in [0.1, 0.15) is 0 Å². The summed E-state index contributed by atoms with van der Waals surface area (Å²) in [6.45, 7) is 20.6. The summed E-state index contributed by atoms with van der Waals surface area (Å²) in [6, 6.07) is 0.590. The Balaban J connectivity index is 4.50. The predicted octanol–water partition coefficient (Wildman–Crippen LogP) is 3.30. The second-order valence-electron chi connectivity index (χ2n) is 6.23. The average molecular weight is 240 g/mol. The van der Waals surface area contributed by atoms with E-state index in [2.05, 4.69) is 58.3 Å². The highest BCUT2D eigenvalue weighted by Gasteiger charge is 2.22. The van der Waals surface area contributed by atoms with Crippen LogP contribution in [0.3, 0.4) is 0 Å². The maximum Gasteiger partial charge on any atom is 0.0247 e. The summed E-state index contributed by atoms with van der Waals surface area (Å²) in [5, 5.41) is 3.62. The van der Waals surface area contributed by atoms with Gasteiger partial charge in [-0.2, -0.15) is 0 Å². The van der Waals surface area contributed by atoms with Crippen molar-refractivity contribution < 1.29 is 0 Å². The highest BCUT2D eigenvalue weighted by atomic mass is 15.2. The van der Waals surface area contributed by atoms with Crippen LogP contribution < -0.4 is 5.32 Å². The minimum atomic E-state index is 0.194. The van der Waals surface area contributed by atoms with Crippen molar-refractivity contribution in [1.82, 2.24) is 10.2 Å². The maximum absolute atomic E-state index is 3.87.